The van der Waals surface area contributed by atoms with Crippen molar-refractivity contribution in [3.8, 4) is 5.75 Å². The second-order valence-corrected chi connectivity index (χ2v) is 6.32. The van der Waals surface area contributed by atoms with Gasteiger partial charge in [0.25, 0.3) is 11.8 Å². The monoisotopic (exact) mass is 421 g/mol. The SMILES string of the molecule is CCCCOc1ccc(C(=O)NCC(=O)N/N=C\c2ccc(C(F)(F)F)cc2)cc1. The van der Waals surface area contributed by atoms with E-state index >= 15 is 0 Å². The Morgan fingerprint density at radius 1 is 1.07 bits per heavy atom. The lowest BCUT2D eigenvalue weighted by atomic mass is 10.1. The maximum atomic E-state index is 12.5. The third-order valence-corrected chi connectivity index (χ3v) is 3.93. The molecule has 0 aliphatic heterocycles. The number of nitrogens with zero attached hydrogens (tertiary/aromatic N) is 1. The van der Waals surface area contributed by atoms with Crippen molar-refractivity contribution >= 4 is 18.0 Å². The molecule has 2 aromatic rings. The molecule has 6 nitrogen and oxygen atoms in total. The quantitative estimate of drug-likeness (QED) is 0.368. The molecule has 0 aliphatic carbocycles. The molecule has 2 amide bonds. The number of hydrogen-bond acceptors (Lipinski definition) is 4. The van der Waals surface area contributed by atoms with Gasteiger partial charge in [-0.25, -0.2) is 5.43 Å². The minimum Gasteiger partial charge on any atom is -0.494 e. The predicted octanol–water partition coefficient (Wildman–Crippen LogP) is 3.76. The zero-order valence-electron chi connectivity index (χ0n) is 16.3. The highest BCUT2D eigenvalue weighted by Crippen LogP contribution is 2.28. The lowest BCUT2D eigenvalue weighted by molar-refractivity contribution is -0.137. The molecule has 0 aliphatic rings. The summed E-state index contributed by atoms with van der Waals surface area (Å²) >= 11 is 0. The lowest BCUT2D eigenvalue weighted by Crippen LogP contribution is -2.34. The average Bonchev–Trinajstić information content (AvgIpc) is 2.72. The Labute approximate surface area is 172 Å². The first-order valence-electron chi connectivity index (χ1n) is 9.30. The summed E-state index contributed by atoms with van der Waals surface area (Å²) in [6.07, 6.45) is -1.24. The van der Waals surface area contributed by atoms with Gasteiger partial charge < -0.3 is 10.1 Å². The Hall–Kier alpha value is -3.36. The van der Waals surface area contributed by atoms with Crippen LogP contribution in [-0.2, 0) is 11.0 Å². The Morgan fingerprint density at radius 2 is 1.73 bits per heavy atom. The highest BCUT2D eigenvalue weighted by atomic mass is 19.4. The molecule has 0 unspecified atom stereocenters. The van der Waals surface area contributed by atoms with Crippen LogP contribution >= 0.6 is 0 Å². The molecule has 9 heteroatoms. The summed E-state index contributed by atoms with van der Waals surface area (Å²) in [5.41, 5.74) is 2.18. The molecule has 0 radical (unpaired) electrons. The summed E-state index contributed by atoms with van der Waals surface area (Å²) in [5.74, 6) is -0.349. The van der Waals surface area contributed by atoms with E-state index in [9.17, 15) is 22.8 Å². The first-order chi connectivity index (χ1) is 14.3. The summed E-state index contributed by atoms with van der Waals surface area (Å²) < 4.78 is 43.0. The van der Waals surface area contributed by atoms with Gasteiger partial charge in [-0.15, -0.1) is 0 Å². The van der Waals surface area contributed by atoms with Crippen LogP contribution in [0.3, 0.4) is 0 Å². The van der Waals surface area contributed by atoms with E-state index in [1.54, 1.807) is 24.3 Å². The maximum Gasteiger partial charge on any atom is 0.416 e. The predicted molar refractivity (Wildman–Crippen MR) is 106 cm³/mol. The number of benzene rings is 2. The molecule has 160 valence electrons. The third kappa shape index (κ3) is 7.57. The molecule has 30 heavy (non-hydrogen) atoms. The summed E-state index contributed by atoms with van der Waals surface area (Å²) in [5, 5.41) is 6.11. The van der Waals surface area contributed by atoms with Crippen LogP contribution in [0, 0.1) is 0 Å². The molecule has 2 aromatic carbocycles. The summed E-state index contributed by atoms with van der Waals surface area (Å²) in [7, 11) is 0. The van der Waals surface area contributed by atoms with Crippen molar-refractivity contribution < 1.29 is 27.5 Å². The summed E-state index contributed by atoms with van der Waals surface area (Å²) in [4.78, 5) is 23.8. The largest absolute Gasteiger partial charge is 0.494 e. The van der Waals surface area contributed by atoms with Gasteiger partial charge >= 0.3 is 6.18 Å². The second kappa shape index (κ2) is 11.0. The van der Waals surface area contributed by atoms with E-state index in [4.69, 9.17) is 4.74 Å². The maximum absolute atomic E-state index is 12.5. The van der Waals surface area contributed by atoms with Gasteiger partial charge in [0.15, 0.2) is 0 Å². The zero-order valence-corrected chi connectivity index (χ0v) is 16.3. The fourth-order valence-electron chi connectivity index (χ4n) is 2.28. The molecular weight excluding hydrogens is 399 g/mol. The van der Waals surface area contributed by atoms with Gasteiger partial charge in [0.1, 0.15) is 5.75 Å². The van der Waals surface area contributed by atoms with E-state index in [-0.39, 0.29) is 6.54 Å². The molecule has 0 heterocycles. The zero-order chi connectivity index (χ0) is 22.0. The van der Waals surface area contributed by atoms with Gasteiger partial charge in [0, 0.05) is 5.56 Å². The van der Waals surface area contributed by atoms with E-state index in [0.717, 1.165) is 25.0 Å². The topological polar surface area (TPSA) is 79.8 Å². The van der Waals surface area contributed by atoms with Crippen molar-refractivity contribution in [1.82, 2.24) is 10.7 Å². The summed E-state index contributed by atoms with van der Waals surface area (Å²) in [6, 6.07) is 10.9. The number of nitrogens with one attached hydrogen (secondary N) is 2. The molecule has 2 rings (SSSR count). The number of rotatable bonds is 9. The van der Waals surface area contributed by atoms with Crippen molar-refractivity contribution in [2.24, 2.45) is 5.10 Å². The number of unbranched alkanes of at least 4 members (excludes halogenated alkanes) is 1. The molecule has 0 saturated carbocycles. The minimum atomic E-state index is -4.41. The highest BCUT2D eigenvalue weighted by molar-refractivity contribution is 5.96. The van der Waals surface area contributed by atoms with Crippen molar-refractivity contribution in [2.45, 2.75) is 25.9 Å². The average molecular weight is 421 g/mol. The first kappa shape index (κ1) is 22.9. The molecule has 0 aromatic heterocycles. The van der Waals surface area contributed by atoms with Gasteiger partial charge in [0.2, 0.25) is 0 Å². The minimum absolute atomic E-state index is 0.308. The van der Waals surface area contributed by atoms with Gasteiger partial charge in [-0.1, -0.05) is 25.5 Å². The third-order valence-electron chi connectivity index (χ3n) is 3.93. The van der Waals surface area contributed by atoms with Gasteiger partial charge in [0.05, 0.1) is 24.9 Å². The standard InChI is InChI=1S/C21H22F3N3O3/c1-2-3-12-30-18-10-6-16(7-11-18)20(29)25-14-19(28)27-26-13-15-4-8-17(9-5-15)21(22,23)24/h4-11,13H,2-3,12,14H2,1H3,(H,25,29)(H,27,28)/b26-13-. The molecular formula is C21H22F3N3O3. The van der Waals surface area contributed by atoms with Gasteiger partial charge in [-0.2, -0.15) is 18.3 Å². The second-order valence-electron chi connectivity index (χ2n) is 6.32. The van der Waals surface area contributed by atoms with Crippen LogP contribution in [0.25, 0.3) is 0 Å². The number of amides is 2. The molecule has 0 bridgehead atoms. The van der Waals surface area contributed by atoms with Crippen molar-refractivity contribution in [3.05, 3.63) is 65.2 Å². The molecule has 0 spiro atoms. The number of alkyl halides is 3. The molecule has 2 N–H and O–H groups in total. The Morgan fingerprint density at radius 3 is 2.33 bits per heavy atom. The fourth-order valence-corrected chi connectivity index (χ4v) is 2.28. The van der Waals surface area contributed by atoms with Gasteiger partial charge in [-0.3, -0.25) is 9.59 Å². The number of carbonyl (C=O) groups is 2. The Bertz CT molecular complexity index is 864. The highest BCUT2D eigenvalue weighted by Gasteiger charge is 2.29. The van der Waals surface area contributed by atoms with E-state index in [0.29, 0.717) is 23.5 Å². The normalized spacial score (nSPS) is 11.3. The lowest BCUT2D eigenvalue weighted by Gasteiger charge is -2.07. The first-order valence-corrected chi connectivity index (χ1v) is 9.30. The number of hydrogen-bond donors (Lipinski definition) is 2. The fraction of sp³-hybridized carbons (Fsp3) is 0.286. The van der Waals surface area contributed by atoms with Crippen LogP contribution in [0.5, 0.6) is 5.75 Å². The van der Waals surface area contributed by atoms with E-state index in [1.807, 2.05) is 0 Å². The summed E-state index contributed by atoms with van der Waals surface area (Å²) in [6.45, 7) is 2.36. The number of hydrazone groups is 1. The van der Waals surface area contributed by atoms with Crippen molar-refractivity contribution in [1.29, 1.82) is 0 Å². The van der Waals surface area contributed by atoms with Crippen LogP contribution in [0.15, 0.2) is 53.6 Å². The smallest absolute Gasteiger partial charge is 0.416 e. The van der Waals surface area contributed by atoms with Crippen LogP contribution in [0.1, 0.15) is 41.3 Å². The van der Waals surface area contributed by atoms with E-state index < -0.39 is 23.6 Å². The number of halogens is 3. The molecule has 0 atom stereocenters. The molecule has 0 saturated heterocycles. The van der Waals surface area contributed by atoms with E-state index in [2.05, 4.69) is 22.8 Å². The Balaban J connectivity index is 1.76. The van der Waals surface area contributed by atoms with Crippen molar-refractivity contribution in [3.63, 3.8) is 0 Å². The van der Waals surface area contributed by atoms with Crippen LogP contribution in [0.2, 0.25) is 0 Å². The van der Waals surface area contributed by atoms with Crippen molar-refractivity contribution in [2.75, 3.05) is 13.2 Å². The van der Waals surface area contributed by atoms with Crippen LogP contribution in [-0.4, -0.2) is 31.2 Å². The van der Waals surface area contributed by atoms with Gasteiger partial charge in [-0.05, 0) is 48.4 Å². The van der Waals surface area contributed by atoms with E-state index in [1.165, 1.54) is 18.3 Å². The molecule has 0 fully saturated rings. The van der Waals surface area contributed by atoms with Crippen LogP contribution in [0.4, 0.5) is 13.2 Å². The number of ether oxygens (including phenoxy) is 1. The Kier molecular flexibility index (Phi) is 8.40. The number of carbonyl (C=O) groups excluding carboxylic acids is 2. The van der Waals surface area contributed by atoms with Crippen LogP contribution < -0.4 is 15.5 Å².